The van der Waals surface area contributed by atoms with Gasteiger partial charge in [0.15, 0.2) is 0 Å². The molecule has 3 rings (SSSR count). The van der Waals surface area contributed by atoms with E-state index in [1.54, 1.807) is 0 Å². The van der Waals surface area contributed by atoms with Crippen molar-refractivity contribution in [3.63, 3.8) is 0 Å². The van der Waals surface area contributed by atoms with Crippen LogP contribution in [-0.4, -0.2) is 35.5 Å². The van der Waals surface area contributed by atoms with Gasteiger partial charge in [-0.3, -0.25) is 4.79 Å². The molecule has 1 saturated heterocycles. The molecule has 1 saturated carbocycles. The number of nitrogens with zero attached hydrogens (tertiary/aromatic N) is 1. The molecule has 1 heterocycles. The number of amides is 3. The molecule has 1 aromatic carbocycles. The van der Waals surface area contributed by atoms with Gasteiger partial charge in [0.2, 0.25) is 5.91 Å². The summed E-state index contributed by atoms with van der Waals surface area (Å²) in [5.41, 5.74) is -0.0975. The van der Waals surface area contributed by atoms with Gasteiger partial charge >= 0.3 is 6.03 Å². The van der Waals surface area contributed by atoms with Crippen LogP contribution in [0.15, 0.2) is 18.2 Å². The first-order chi connectivity index (χ1) is 10.5. The lowest BCUT2D eigenvalue weighted by Gasteiger charge is -2.24. The quantitative estimate of drug-likeness (QED) is 0.899. The normalized spacial score (nSPS) is 20.8. The molecule has 22 heavy (non-hydrogen) atoms. The van der Waals surface area contributed by atoms with E-state index in [2.05, 4.69) is 10.6 Å². The molecule has 0 bridgehead atoms. The summed E-state index contributed by atoms with van der Waals surface area (Å²) in [6.07, 6.45) is 3.27. The molecular formula is C15H17F2N3O2. The molecule has 1 aliphatic carbocycles. The lowest BCUT2D eigenvalue weighted by atomic mass is 10.2. The topological polar surface area (TPSA) is 61.4 Å². The van der Waals surface area contributed by atoms with Crippen LogP contribution in [0, 0.1) is 11.6 Å². The predicted octanol–water partition coefficient (Wildman–Crippen LogP) is 2.24. The minimum Gasteiger partial charge on any atom is -0.352 e. The molecule has 2 fully saturated rings. The summed E-state index contributed by atoms with van der Waals surface area (Å²) in [6, 6.07) is 2.10. The molecule has 0 aromatic heterocycles. The Hall–Kier alpha value is -2.18. The summed E-state index contributed by atoms with van der Waals surface area (Å²) >= 11 is 0. The van der Waals surface area contributed by atoms with Crippen molar-refractivity contribution >= 4 is 17.6 Å². The molecule has 1 aliphatic heterocycles. The van der Waals surface area contributed by atoms with E-state index >= 15 is 0 Å². The van der Waals surface area contributed by atoms with E-state index in [1.807, 2.05) is 0 Å². The number of carbonyl (C=O) groups is 2. The molecule has 3 amide bonds. The number of anilines is 1. The largest absolute Gasteiger partial charge is 0.352 e. The highest BCUT2D eigenvalue weighted by molar-refractivity contribution is 5.94. The standard InChI is InChI=1S/C15H17F2N3O2/c16-9-3-6-12(11(17)8-9)19-15(22)20-7-1-2-13(20)14(21)18-10-4-5-10/h3,6,8,10,13H,1-2,4-5,7H2,(H,18,21)(H,19,22). The number of urea groups is 1. The highest BCUT2D eigenvalue weighted by Crippen LogP contribution is 2.23. The van der Waals surface area contributed by atoms with Crippen molar-refractivity contribution in [2.24, 2.45) is 0 Å². The van der Waals surface area contributed by atoms with Gasteiger partial charge < -0.3 is 15.5 Å². The van der Waals surface area contributed by atoms with Crippen LogP contribution in [0.1, 0.15) is 25.7 Å². The third-order valence-electron chi connectivity index (χ3n) is 3.91. The van der Waals surface area contributed by atoms with Gasteiger partial charge in [-0.15, -0.1) is 0 Å². The summed E-state index contributed by atoms with van der Waals surface area (Å²) in [7, 11) is 0. The fourth-order valence-electron chi connectivity index (χ4n) is 2.59. The second kappa shape index (κ2) is 5.90. The number of hydrogen-bond acceptors (Lipinski definition) is 2. The summed E-state index contributed by atoms with van der Waals surface area (Å²) < 4.78 is 26.4. The second-order valence-corrected chi connectivity index (χ2v) is 5.69. The highest BCUT2D eigenvalue weighted by atomic mass is 19.1. The zero-order valence-electron chi connectivity index (χ0n) is 11.9. The molecule has 5 nitrogen and oxygen atoms in total. The first-order valence-electron chi connectivity index (χ1n) is 7.37. The zero-order chi connectivity index (χ0) is 15.7. The van der Waals surface area contributed by atoms with Crippen LogP contribution in [0.3, 0.4) is 0 Å². The summed E-state index contributed by atoms with van der Waals surface area (Å²) in [5.74, 6) is -1.71. The number of carbonyl (C=O) groups excluding carboxylic acids is 2. The van der Waals surface area contributed by atoms with E-state index in [4.69, 9.17) is 0 Å². The van der Waals surface area contributed by atoms with Gasteiger partial charge in [-0.25, -0.2) is 13.6 Å². The van der Waals surface area contributed by atoms with Crippen LogP contribution in [-0.2, 0) is 4.79 Å². The lowest BCUT2D eigenvalue weighted by Crippen LogP contribution is -2.48. The van der Waals surface area contributed by atoms with Gasteiger partial charge in [0, 0.05) is 18.7 Å². The maximum Gasteiger partial charge on any atom is 0.322 e. The van der Waals surface area contributed by atoms with Gasteiger partial charge in [-0.2, -0.15) is 0 Å². The van der Waals surface area contributed by atoms with Crippen molar-refractivity contribution in [3.8, 4) is 0 Å². The molecule has 2 N–H and O–H groups in total. The Kier molecular flexibility index (Phi) is 3.96. The monoisotopic (exact) mass is 309 g/mol. The Morgan fingerprint density at radius 2 is 1.95 bits per heavy atom. The molecular weight excluding hydrogens is 292 g/mol. The minimum atomic E-state index is -0.841. The van der Waals surface area contributed by atoms with Crippen molar-refractivity contribution in [1.82, 2.24) is 10.2 Å². The Morgan fingerprint density at radius 3 is 2.64 bits per heavy atom. The molecule has 118 valence electrons. The Labute approximate surface area is 126 Å². The summed E-state index contributed by atoms with van der Waals surface area (Å²) in [4.78, 5) is 25.8. The fraction of sp³-hybridized carbons (Fsp3) is 0.467. The molecule has 1 unspecified atom stereocenters. The van der Waals surface area contributed by atoms with Crippen LogP contribution in [0.2, 0.25) is 0 Å². The SMILES string of the molecule is O=C(NC1CC1)C1CCCN1C(=O)Nc1ccc(F)cc1F. The first-order valence-corrected chi connectivity index (χ1v) is 7.37. The van der Waals surface area contributed by atoms with Crippen molar-refractivity contribution in [2.45, 2.75) is 37.8 Å². The van der Waals surface area contributed by atoms with Crippen LogP contribution < -0.4 is 10.6 Å². The Bertz CT molecular complexity index is 604. The maximum absolute atomic E-state index is 13.6. The Morgan fingerprint density at radius 1 is 1.18 bits per heavy atom. The van der Waals surface area contributed by atoms with Crippen LogP contribution in [0.5, 0.6) is 0 Å². The maximum atomic E-state index is 13.6. The molecule has 1 atom stereocenters. The fourth-order valence-corrected chi connectivity index (χ4v) is 2.59. The third-order valence-corrected chi connectivity index (χ3v) is 3.91. The predicted molar refractivity (Wildman–Crippen MR) is 76.3 cm³/mol. The van der Waals surface area contributed by atoms with E-state index < -0.39 is 23.7 Å². The molecule has 0 radical (unpaired) electrons. The average molecular weight is 309 g/mol. The van der Waals surface area contributed by atoms with Crippen molar-refractivity contribution in [3.05, 3.63) is 29.8 Å². The van der Waals surface area contributed by atoms with Crippen molar-refractivity contribution < 1.29 is 18.4 Å². The molecule has 2 aliphatic rings. The highest BCUT2D eigenvalue weighted by Gasteiger charge is 2.36. The van der Waals surface area contributed by atoms with Gasteiger partial charge in [0.25, 0.3) is 0 Å². The second-order valence-electron chi connectivity index (χ2n) is 5.69. The molecule has 7 heteroatoms. The van der Waals surface area contributed by atoms with E-state index in [9.17, 15) is 18.4 Å². The Balaban J connectivity index is 1.66. The van der Waals surface area contributed by atoms with Crippen LogP contribution in [0.4, 0.5) is 19.3 Å². The van der Waals surface area contributed by atoms with Crippen LogP contribution >= 0.6 is 0 Å². The third kappa shape index (κ3) is 3.18. The number of hydrogen-bond donors (Lipinski definition) is 2. The van der Waals surface area contributed by atoms with Gasteiger partial charge in [0.05, 0.1) is 5.69 Å². The van der Waals surface area contributed by atoms with E-state index in [0.717, 1.165) is 31.4 Å². The number of benzene rings is 1. The van der Waals surface area contributed by atoms with E-state index in [0.29, 0.717) is 19.0 Å². The van der Waals surface area contributed by atoms with E-state index in [-0.39, 0.29) is 17.6 Å². The number of likely N-dealkylation sites (tertiary alicyclic amines) is 1. The number of nitrogens with one attached hydrogen (secondary N) is 2. The zero-order valence-corrected chi connectivity index (χ0v) is 11.9. The minimum absolute atomic E-state index is 0.0975. The molecule has 0 spiro atoms. The van der Waals surface area contributed by atoms with Crippen LogP contribution in [0.25, 0.3) is 0 Å². The van der Waals surface area contributed by atoms with Gasteiger partial charge in [-0.1, -0.05) is 0 Å². The van der Waals surface area contributed by atoms with Crippen molar-refractivity contribution in [1.29, 1.82) is 0 Å². The number of halogens is 2. The van der Waals surface area contributed by atoms with E-state index in [1.165, 1.54) is 4.90 Å². The summed E-state index contributed by atoms with van der Waals surface area (Å²) in [5, 5.41) is 5.28. The first kappa shape index (κ1) is 14.7. The molecule has 1 aromatic rings. The number of rotatable bonds is 3. The lowest BCUT2D eigenvalue weighted by molar-refractivity contribution is -0.124. The average Bonchev–Trinajstić information content (AvgIpc) is 3.14. The van der Waals surface area contributed by atoms with Gasteiger partial charge in [-0.05, 0) is 37.8 Å². The smallest absolute Gasteiger partial charge is 0.322 e. The van der Waals surface area contributed by atoms with Crippen molar-refractivity contribution in [2.75, 3.05) is 11.9 Å². The summed E-state index contributed by atoms with van der Waals surface area (Å²) in [6.45, 7) is 0.442. The van der Waals surface area contributed by atoms with Gasteiger partial charge in [0.1, 0.15) is 17.7 Å².